The number of benzene rings is 2. The topological polar surface area (TPSA) is 75.6 Å². The van der Waals surface area contributed by atoms with Gasteiger partial charge in [0, 0.05) is 0 Å². The smallest absolute Gasteiger partial charge is 0.0622 e. The molecule has 1 aromatic heterocycles. The number of halogens is 1. The molecule has 2 N–H and O–H groups in total. The van der Waals surface area contributed by atoms with Crippen LogP contribution < -0.4 is 10.6 Å². The summed E-state index contributed by atoms with van der Waals surface area (Å²) in [7, 11) is 0. The summed E-state index contributed by atoms with van der Waals surface area (Å²) in [6, 6.07) is 13.4. The number of hydrogen-bond acceptors (Lipinski definition) is 6. The maximum atomic E-state index is 15.2. The number of aromatic nitrogens is 1. The minimum atomic E-state index is -0.738. The summed E-state index contributed by atoms with van der Waals surface area (Å²) in [5.41, 5.74) is 4.49. The van der Waals surface area contributed by atoms with Crippen molar-refractivity contribution in [2.45, 2.75) is 85.1 Å². The third-order valence-electron chi connectivity index (χ3n) is 7.63. The summed E-state index contributed by atoms with van der Waals surface area (Å²) in [6.45, 7) is 20.5. The van der Waals surface area contributed by atoms with E-state index in [9.17, 15) is 4.79 Å². The van der Waals surface area contributed by atoms with E-state index in [1.807, 2.05) is 50.4 Å². The van der Waals surface area contributed by atoms with Gasteiger partial charge < -0.3 is 0 Å². The van der Waals surface area contributed by atoms with Crippen molar-refractivity contribution in [3.8, 4) is 0 Å². The number of aryl methyl sites for hydroxylation is 1. The Labute approximate surface area is 304 Å². The fourth-order valence-electron chi connectivity index (χ4n) is 4.86. The van der Waals surface area contributed by atoms with Crippen molar-refractivity contribution in [2.24, 2.45) is 4.99 Å². The third-order valence-corrected chi connectivity index (χ3v) is 9.27. The van der Waals surface area contributed by atoms with Gasteiger partial charge in [-0.05, 0) is 0 Å². The van der Waals surface area contributed by atoms with Gasteiger partial charge in [0.25, 0.3) is 0 Å². The number of nitrogens with zero attached hydrogens (tertiary/aromatic N) is 2. The van der Waals surface area contributed by atoms with Crippen LogP contribution in [0.5, 0.6) is 0 Å². The van der Waals surface area contributed by atoms with Crippen LogP contribution in [-0.4, -0.2) is 27.6 Å². The number of ether oxygens (including phenoxy) is 1. The van der Waals surface area contributed by atoms with Crippen LogP contribution in [0.15, 0.2) is 90.4 Å². The van der Waals surface area contributed by atoms with Gasteiger partial charge >= 0.3 is 288 Å². The molecule has 0 fully saturated rings. The van der Waals surface area contributed by atoms with Crippen molar-refractivity contribution in [2.75, 3.05) is 5.32 Å². The average Bonchev–Trinajstić information content (AvgIpc) is 3.53. The molecule has 0 aliphatic carbocycles. The molecule has 0 aliphatic heterocycles. The predicted octanol–water partition coefficient (Wildman–Crippen LogP) is 9.98. The van der Waals surface area contributed by atoms with E-state index in [0.717, 1.165) is 65.2 Å². The van der Waals surface area contributed by atoms with Gasteiger partial charge in [-0.1, -0.05) is 18.2 Å². The minimum Gasteiger partial charge on any atom is -0.0622 e. The monoisotopic (exact) mass is 718 g/mol. The Morgan fingerprint density at radius 3 is 2.51 bits per heavy atom. The number of anilines is 1. The molecule has 1 unspecified atom stereocenters. The van der Waals surface area contributed by atoms with Gasteiger partial charge in [-0.25, -0.2) is 0 Å². The van der Waals surface area contributed by atoms with E-state index >= 15 is 4.39 Å². The Kier molecular flexibility index (Phi) is 16.5. The van der Waals surface area contributed by atoms with Crippen LogP contribution in [0, 0.1) is 12.7 Å². The van der Waals surface area contributed by atoms with Gasteiger partial charge in [0.15, 0.2) is 0 Å². The first-order valence-electron chi connectivity index (χ1n) is 16.9. The van der Waals surface area contributed by atoms with E-state index in [-0.39, 0.29) is 11.6 Å². The van der Waals surface area contributed by atoms with Crippen molar-refractivity contribution in [1.82, 2.24) is 10.3 Å². The maximum absolute atomic E-state index is 15.2. The van der Waals surface area contributed by atoms with E-state index in [1.54, 1.807) is 23.5 Å². The van der Waals surface area contributed by atoms with Crippen molar-refractivity contribution >= 4 is 44.7 Å². The number of hydrogen-bond donors (Lipinski definition) is 2. The first-order chi connectivity index (χ1) is 23.7. The molecule has 9 heteroatoms. The Balaban J connectivity index is 1.88. The molecule has 1 heterocycles. The molecule has 0 radical (unpaired) electrons. The number of carbonyl (C=O) groups is 1. The number of unbranched alkanes of at least 4 members (excludes halogenated alkanes) is 2. The van der Waals surface area contributed by atoms with Gasteiger partial charge in [-0.2, -0.15) is 0 Å². The van der Waals surface area contributed by atoms with Crippen LogP contribution in [0.4, 0.5) is 10.1 Å². The van der Waals surface area contributed by atoms with Crippen molar-refractivity contribution < 1.29 is 30.9 Å². The molecule has 0 saturated heterocycles. The second-order valence-electron chi connectivity index (χ2n) is 11.5. The molecule has 2 aromatic carbocycles. The van der Waals surface area contributed by atoms with Crippen LogP contribution >= 0.6 is 11.3 Å². The fraction of sp³-hybridized carbons (Fsp3) is 0.325. The molecule has 0 bridgehead atoms. The summed E-state index contributed by atoms with van der Waals surface area (Å²) in [4.78, 5) is 24.3. The Hall–Kier alpha value is -3.98. The van der Waals surface area contributed by atoms with Crippen molar-refractivity contribution in [1.29, 1.82) is 0 Å². The molecule has 6 nitrogen and oxygen atoms in total. The predicted molar refractivity (Wildman–Crippen MR) is 202 cm³/mol. The number of para-hydroxylation sites is 1. The average molecular weight is 719 g/mol. The second-order valence-corrected chi connectivity index (χ2v) is 13.2. The fourth-order valence-corrected chi connectivity index (χ4v) is 6.56. The third kappa shape index (κ3) is 11.6. The molecule has 0 aliphatic rings. The quantitative estimate of drug-likeness (QED) is 0.0528. The number of allylic oxidation sites excluding steroid dienone is 4. The molecule has 3 rings (SSSR count). The van der Waals surface area contributed by atoms with Crippen LogP contribution in [0.2, 0.25) is 0 Å². The molecule has 1 atom stereocenters. The standard InChI is InChI=1S/C40H48FN4O2S.V/c1-8-13-15-23-31(26-42-28(6)11-4)39-35(44-37(48-39)20-10-3)27-47-36(12-5)43-34(19-9-2)40(46)45-38-32(24-18-25-33(38)41)29(7)30-21-16-14-17-22-30;/h12,14,16-18,21-26,34,43H,5-11,13,15,19-20H2,1-4H3,(H,45,46);/q-1;/b31-23+,36-12+,42-26?;. The minimum absolute atomic E-state index is 0.0788. The van der Waals surface area contributed by atoms with Crippen molar-refractivity contribution in [3.63, 3.8) is 0 Å². The summed E-state index contributed by atoms with van der Waals surface area (Å²) in [5.74, 6) is -0.666. The SMILES string of the molecule is C=C(CC)N=C/C(=C\CCCC)c1sc(CCC)nc1[C](=[V])O/C(=C/[CH2-])NC(CCC)C(=O)Nc1c(F)cccc1C(=C)c1ccccc1. The van der Waals surface area contributed by atoms with Gasteiger partial charge in [-0.15, -0.1) is 0 Å². The normalized spacial score (nSPS) is 12.5. The number of nitrogens with one attached hydrogen (secondary N) is 2. The number of carbonyl (C=O) groups excluding carboxylic acids is 1. The summed E-state index contributed by atoms with van der Waals surface area (Å²) in [6.07, 6.45) is 12.4. The molecule has 0 spiro atoms. The first-order valence-corrected chi connectivity index (χ1v) is 18.4. The van der Waals surface area contributed by atoms with Gasteiger partial charge in [0.2, 0.25) is 0 Å². The van der Waals surface area contributed by atoms with E-state index in [2.05, 4.69) is 72.6 Å². The molecule has 3 aromatic rings. The van der Waals surface area contributed by atoms with E-state index < -0.39 is 17.8 Å². The van der Waals surface area contributed by atoms with E-state index in [1.165, 1.54) is 12.1 Å². The van der Waals surface area contributed by atoms with Crippen LogP contribution in [-0.2, 0) is 32.9 Å². The summed E-state index contributed by atoms with van der Waals surface area (Å²) >= 11 is 4.09. The van der Waals surface area contributed by atoms with Crippen LogP contribution in [0.25, 0.3) is 11.1 Å². The number of aliphatic imine (C=N–C) groups is 1. The number of thiazole rings is 1. The molecule has 259 valence electrons. The van der Waals surface area contributed by atoms with Gasteiger partial charge in [0.05, 0.1) is 0 Å². The Bertz CT molecular complexity index is 1690. The first kappa shape index (κ1) is 39.5. The molecular formula is C40H48FN4O2SV-. The zero-order valence-corrected chi connectivity index (χ0v) is 31.4. The Morgan fingerprint density at radius 2 is 1.86 bits per heavy atom. The van der Waals surface area contributed by atoms with Crippen LogP contribution in [0.1, 0.15) is 99.3 Å². The summed E-state index contributed by atoms with van der Waals surface area (Å²) < 4.78 is 22.1. The second kappa shape index (κ2) is 20.5. The van der Waals surface area contributed by atoms with Crippen molar-refractivity contribution in [3.05, 3.63) is 125 Å². The van der Waals surface area contributed by atoms with Gasteiger partial charge in [0.1, 0.15) is 0 Å². The zero-order chi connectivity index (χ0) is 35.8. The van der Waals surface area contributed by atoms with E-state index in [4.69, 9.17) is 9.72 Å². The summed E-state index contributed by atoms with van der Waals surface area (Å²) in [5, 5.41) is 7.04. The van der Waals surface area contributed by atoms with Crippen LogP contribution in [0.3, 0.4) is 0 Å². The van der Waals surface area contributed by atoms with Gasteiger partial charge in [-0.3, -0.25) is 0 Å². The van der Waals surface area contributed by atoms with E-state index in [0.29, 0.717) is 34.1 Å². The Morgan fingerprint density at radius 1 is 1.10 bits per heavy atom. The number of amides is 1. The zero-order valence-electron chi connectivity index (χ0n) is 29.2. The number of rotatable bonds is 20. The molecule has 1 amide bonds. The molecular weight excluding hydrogens is 670 g/mol. The molecule has 0 saturated carbocycles. The molecule has 49 heavy (non-hydrogen) atoms.